The third kappa shape index (κ3) is 2.79. The zero-order chi connectivity index (χ0) is 13.1. The van der Waals surface area contributed by atoms with E-state index in [9.17, 15) is 0 Å². The molecule has 2 rings (SSSR count). The summed E-state index contributed by atoms with van der Waals surface area (Å²) in [5.41, 5.74) is 7.60. The Labute approximate surface area is 113 Å². The molecule has 1 atom stereocenters. The molecule has 0 aromatic carbocycles. The first kappa shape index (κ1) is 13.2. The van der Waals surface area contributed by atoms with Crippen LogP contribution in [-0.2, 0) is 4.74 Å². The fourth-order valence-corrected chi connectivity index (χ4v) is 2.29. The highest BCUT2D eigenvalue weighted by Crippen LogP contribution is 2.21. The minimum Gasteiger partial charge on any atom is -0.389 e. The average molecular weight is 265 g/mol. The molecule has 1 fully saturated rings. The van der Waals surface area contributed by atoms with Gasteiger partial charge in [0.2, 0.25) is 0 Å². The normalized spacial score (nSPS) is 19.9. The molecule has 1 aromatic rings. The Morgan fingerprint density at radius 1 is 1.61 bits per heavy atom. The van der Waals surface area contributed by atoms with Gasteiger partial charge in [-0.15, -0.1) is 0 Å². The Kier molecular flexibility index (Phi) is 4.14. The fraction of sp³-hybridized carbons (Fsp3) is 0.538. The van der Waals surface area contributed by atoms with Crippen LogP contribution in [0.15, 0.2) is 12.1 Å². The molecule has 1 unspecified atom stereocenters. The molecule has 1 aliphatic heterocycles. The van der Waals surface area contributed by atoms with Crippen LogP contribution in [0.25, 0.3) is 0 Å². The summed E-state index contributed by atoms with van der Waals surface area (Å²) in [6, 6.07) is 3.89. The van der Waals surface area contributed by atoms with Crippen LogP contribution in [0, 0.1) is 6.92 Å². The van der Waals surface area contributed by atoms with Crippen molar-refractivity contribution in [3.63, 3.8) is 0 Å². The van der Waals surface area contributed by atoms with E-state index in [0.29, 0.717) is 4.99 Å². The van der Waals surface area contributed by atoms with E-state index in [1.807, 2.05) is 19.1 Å². The van der Waals surface area contributed by atoms with E-state index in [-0.39, 0.29) is 6.10 Å². The summed E-state index contributed by atoms with van der Waals surface area (Å²) < 4.78 is 5.68. The van der Waals surface area contributed by atoms with E-state index >= 15 is 0 Å². The summed E-state index contributed by atoms with van der Waals surface area (Å²) >= 11 is 5.10. The van der Waals surface area contributed by atoms with Crippen molar-refractivity contribution in [2.24, 2.45) is 5.73 Å². The minimum absolute atomic E-state index is 0.264. The van der Waals surface area contributed by atoms with Gasteiger partial charge < -0.3 is 15.4 Å². The second-order valence-corrected chi connectivity index (χ2v) is 4.97. The van der Waals surface area contributed by atoms with Gasteiger partial charge in [0.15, 0.2) is 0 Å². The van der Waals surface area contributed by atoms with E-state index in [1.54, 1.807) is 0 Å². The summed E-state index contributed by atoms with van der Waals surface area (Å²) in [5.74, 6) is 0.893. The number of nitrogens with zero attached hydrogens (tertiary/aromatic N) is 2. The molecule has 0 amide bonds. The van der Waals surface area contributed by atoms with Gasteiger partial charge in [0.1, 0.15) is 10.8 Å². The lowest BCUT2D eigenvalue weighted by Crippen LogP contribution is -2.43. The van der Waals surface area contributed by atoms with E-state index < -0.39 is 0 Å². The van der Waals surface area contributed by atoms with Crippen molar-refractivity contribution >= 4 is 23.0 Å². The molecule has 4 nitrogen and oxygen atoms in total. The molecule has 5 heteroatoms. The molecule has 98 valence electrons. The molecule has 2 N–H and O–H groups in total. The average Bonchev–Trinajstić information content (AvgIpc) is 2.38. The van der Waals surface area contributed by atoms with Gasteiger partial charge in [-0.05, 0) is 25.5 Å². The van der Waals surface area contributed by atoms with Gasteiger partial charge in [-0.3, -0.25) is 0 Å². The number of thiocarbonyl (C=S) groups is 1. The highest BCUT2D eigenvalue weighted by molar-refractivity contribution is 7.80. The van der Waals surface area contributed by atoms with Crippen molar-refractivity contribution in [2.45, 2.75) is 26.4 Å². The van der Waals surface area contributed by atoms with Crippen LogP contribution in [0.2, 0.25) is 0 Å². The Bertz CT molecular complexity index is 450. The van der Waals surface area contributed by atoms with Crippen LogP contribution < -0.4 is 10.6 Å². The van der Waals surface area contributed by atoms with Gasteiger partial charge in [-0.1, -0.05) is 19.1 Å². The van der Waals surface area contributed by atoms with Crippen molar-refractivity contribution in [2.75, 3.05) is 24.6 Å². The van der Waals surface area contributed by atoms with E-state index in [0.717, 1.165) is 43.2 Å². The molecule has 0 spiro atoms. The lowest BCUT2D eigenvalue weighted by atomic mass is 10.1. The molecule has 1 aliphatic rings. The maximum atomic E-state index is 5.77. The van der Waals surface area contributed by atoms with E-state index in [4.69, 9.17) is 22.7 Å². The molecule has 2 heterocycles. The Morgan fingerprint density at radius 3 is 3.06 bits per heavy atom. The Balaban J connectivity index is 2.31. The molecule has 0 aliphatic carbocycles. The number of anilines is 1. The van der Waals surface area contributed by atoms with Gasteiger partial charge in [0, 0.05) is 18.8 Å². The van der Waals surface area contributed by atoms with Gasteiger partial charge in [0.05, 0.1) is 18.3 Å². The molecule has 0 saturated carbocycles. The minimum atomic E-state index is 0.264. The van der Waals surface area contributed by atoms with Crippen LogP contribution in [0.5, 0.6) is 0 Å². The number of rotatable bonds is 3. The predicted molar refractivity (Wildman–Crippen MR) is 77.1 cm³/mol. The van der Waals surface area contributed by atoms with Crippen molar-refractivity contribution < 1.29 is 4.74 Å². The first-order chi connectivity index (χ1) is 8.61. The second-order valence-electron chi connectivity index (χ2n) is 4.54. The molecule has 18 heavy (non-hydrogen) atoms. The second kappa shape index (κ2) is 5.63. The monoisotopic (exact) mass is 265 g/mol. The first-order valence-corrected chi connectivity index (χ1v) is 6.66. The molecule has 1 saturated heterocycles. The quantitative estimate of drug-likeness (QED) is 0.842. The highest BCUT2D eigenvalue weighted by atomic mass is 32.1. The number of pyridine rings is 1. The summed E-state index contributed by atoms with van der Waals surface area (Å²) in [6.07, 6.45) is 1.27. The highest BCUT2D eigenvalue weighted by Gasteiger charge is 2.22. The number of aryl methyl sites for hydroxylation is 1. The van der Waals surface area contributed by atoms with Gasteiger partial charge >= 0.3 is 0 Å². The zero-order valence-corrected chi connectivity index (χ0v) is 11.7. The zero-order valence-electron chi connectivity index (χ0n) is 10.8. The van der Waals surface area contributed by atoms with Crippen LogP contribution >= 0.6 is 12.2 Å². The molecule has 0 bridgehead atoms. The van der Waals surface area contributed by atoms with Crippen LogP contribution in [0.1, 0.15) is 24.6 Å². The van der Waals surface area contributed by atoms with Gasteiger partial charge in [0.25, 0.3) is 0 Å². The van der Waals surface area contributed by atoms with E-state index in [2.05, 4.69) is 16.8 Å². The SMILES string of the molecule is CCC1CN(c2nc(C)ccc2C(N)=S)CCO1. The summed E-state index contributed by atoms with van der Waals surface area (Å²) in [7, 11) is 0. The third-order valence-corrected chi connectivity index (χ3v) is 3.39. The maximum absolute atomic E-state index is 5.77. The molecule has 1 aromatic heterocycles. The van der Waals surface area contributed by atoms with Crippen LogP contribution in [0.3, 0.4) is 0 Å². The van der Waals surface area contributed by atoms with Gasteiger partial charge in [-0.25, -0.2) is 4.98 Å². The number of morpholine rings is 1. The number of hydrogen-bond donors (Lipinski definition) is 1. The summed E-state index contributed by atoms with van der Waals surface area (Å²) in [4.78, 5) is 7.21. The van der Waals surface area contributed by atoms with Crippen molar-refractivity contribution in [3.05, 3.63) is 23.4 Å². The van der Waals surface area contributed by atoms with Crippen molar-refractivity contribution in [3.8, 4) is 0 Å². The Hall–Kier alpha value is -1.20. The van der Waals surface area contributed by atoms with E-state index in [1.165, 1.54) is 0 Å². The van der Waals surface area contributed by atoms with Gasteiger partial charge in [-0.2, -0.15) is 0 Å². The maximum Gasteiger partial charge on any atom is 0.139 e. The number of nitrogens with two attached hydrogens (primary N) is 1. The third-order valence-electron chi connectivity index (χ3n) is 3.17. The number of aromatic nitrogens is 1. The number of hydrogen-bond acceptors (Lipinski definition) is 4. The lowest BCUT2D eigenvalue weighted by Gasteiger charge is -2.34. The summed E-state index contributed by atoms with van der Waals surface area (Å²) in [5, 5.41) is 0. The molecular formula is C13H19N3OS. The van der Waals surface area contributed by atoms with Crippen LogP contribution in [-0.4, -0.2) is 35.8 Å². The lowest BCUT2D eigenvalue weighted by molar-refractivity contribution is 0.0381. The predicted octanol–water partition coefficient (Wildman–Crippen LogP) is 1.64. The van der Waals surface area contributed by atoms with Crippen molar-refractivity contribution in [1.82, 2.24) is 4.98 Å². The first-order valence-electron chi connectivity index (χ1n) is 6.25. The topological polar surface area (TPSA) is 51.4 Å². The Morgan fingerprint density at radius 2 is 2.39 bits per heavy atom. The fourth-order valence-electron chi connectivity index (χ4n) is 2.14. The van der Waals surface area contributed by atoms with Crippen LogP contribution in [0.4, 0.5) is 5.82 Å². The standard InChI is InChI=1S/C13H19N3OS/c1-3-10-8-16(6-7-17-10)13-11(12(14)18)5-4-9(2)15-13/h4-5,10H,3,6-8H2,1-2H3,(H2,14,18). The molecule has 0 radical (unpaired) electrons. The largest absolute Gasteiger partial charge is 0.389 e. The smallest absolute Gasteiger partial charge is 0.139 e. The summed E-state index contributed by atoms with van der Waals surface area (Å²) in [6.45, 7) is 6.52. The molecular weight excluding hydrogens is 246 g/mol. The number of ether oxygens (including phenoxy) is 1. The van der Waals surface area contributed by atoms with Crippen molar-refractivity contribution in [1.29, 1.82) is 0 Å².